The number of H-pyrrole nitrogens is 1. The number of piperidine rings is 1. The highest BCUT2D eigenvalue weighted by Crippen LogP contribution is 2.36. The van der Waals surface area contributed by atoms with Crippen LogP contribution in [0, 0.1) is 0 Å². The molecular weight excluding hydrogens is 447 g/mol. The monoisotopic (exact) mass is 478 g/mol. The Labute approximate surface area is 203 Å². The van der Waals surface area contributed by atoms with E-state index in [1.165, 1.54) is 6.33 Å². The number of pyridine rings is 1. The normalized spacial score (nSPS) is 15.3. The molecule has 4 aromatic heterocycles. The maximum atomic E-state index is 12.5. The average molecular weight is 479 g/mol. The molecule has 184 valence electrons. The molecule has 0 aliphatic carbocycles. The SMILES string of the molecule is COc1cc(-c2[nH]nc(-c3cnc(C4CCN(CCCF)CC4)cn3)c2C(C)C)cn2ncnc12. The molecule has 0 spiro atoms. The van der Waals surface area contributed by atoms with Crippen molar-refractivity contribution < 1.29 is 9.13 Å². The maximum Gasteiger partial charge on any atom is 0.197 e. The van der Waals surface area contributed by atoms with Gasteiger partial charge in [-0.05, 0) is 44.3 Å². The van der Waals surface area contributed by atoms with Crippen molar-refractivity contribution in [3.05, 3.63) is 42.2 Å². The molecule has 0 aromatic carbocycles. The summed E-state index contributed by atoms with van der Waals surface area (Å²) in [6.45, 7) is 6.83. The van der Waals surface area contributed by atoms with E-state index in [0.29, 0.717) is 23.7 Å². The van der Waals surface area contributed by atoms with Crippen molar-refractivity contribution in [3.63, 3.8) is 0 Å². The summed E-state index contributed by atoms with van der Waals surface area (Å²) in [5, 5.41) is 12.1. The number of ether oxygens (including phenoxy) is 1. The minimum atomic E-state index is -0.247. The zero-order chi connectivity index (χ0) is 24.4. The van der Waals surface area contributed by atoms with Gasteiger partial charge in [0.2, 0.25) is 0 Å². The van der Waals surface area contributed by atoms with E-state index in [9.17, 15) is 4.39 Å². The first-order chi connectivity index (χ1) is 17.1. The fourth-order valence-corrected chi connectivity index (χ4v) is 4.92. The van der Waals surface area contributed by atoms with E-state index in [1.54, 1.807) is 11.6 Å². The number of alkyl halides is 1. The molecule has 35 heavy (non-hydrogen) atoms. The van der Waals surface area contributed by atoms with Crippen LogP contribution in [-0.2, 0) is 0 Å². The van der Waals surface area contributed by atoms with Gasteiger partial charge in [-0.15, -0.1) is 0 Å². The molecule has 0 atom stereocenters. The molecule has 0 radical (unpaired) electrons. The van der Waals surface area contributed by atoms with Crippen LogP contribution in [0.3, 0.4) is 0 Å². The molecule has 10 heteroatoms. The van der Waals surface area contributed by atoms with E-state index in [4.69, 9.17) is 14.7 Å². The van der Waals surface area contributed by atoms with E-state index in [2.05, 4.69) is 39.0 Å². The van der Waals surface area contributed by atoms with E-state index in [0.717, 1.165) is 66.4 Å². The lowest BCUT2D eigenvalue weighted by Gasteiger charge is -2.31. The largest absolute Gasteiger partial charge is 0.493 e. The van der Waals surface area contributed by atoms with Gasteiger partial charge in [-0.2, -0.15) is 10.2 Å². The third-order valence-electron chi connectivity index (χ3n) is 6.76. The van der Waals surface area contributed by atoms with Crippen molar-refractivity contribution in [3.8, 4) is 28.4 Å². The standard InChI is InChI=1S/C25H31FN8O/c1-16(2)22-23(18-11-21(35-3)25-29-15-30-34(25)14-18)31-32-24(22)20-13-27-19(12-28-20)17-5-9-33(10-6-17)8-4-7-26/h11-17H,4-10H2,1-3H3,(H,31,32). The summed E-state index contributed by atoms with van der Waals surface area (Å²) >= 11 is 0. The van der Waals surface area contributed by atoms with Crippen LogP contribution in [0.25, 0.3) is 28.3 Å². The number of hydrogen-bond acceptors (Lipinski definition) is 7. The summed E-state index contributed by atoms with van der Waals surface area (Å²) in [6.07, 6.45) is 9.81. The fraction of sp³-hybridized carbons (Fsp3) is 0.480. The molecule has 1 saturated heterocycles. The number of likely N-dealkylation sites (tertiary alicyclic amines) is 1. The van der Waals surface area contributed by atoms with Crippen LogP contribution in [0.4, 0.5) is 4.39 Å². The van der Waals surface area contributed by atoms with E-state index >= 15 is 0 Å². The zero-order valence-corrected chi connectivity index (χ0v) is 20.4. The Hall–Kier alpha value is -3.40. The highest BCUT2D eigenvalue weighted by atomic mass is 19.1. The second-order valence-electron chi connectivity index (χ2n) is 9.33. The summed E-state index contributed by atoms with van der Waals surface area (Å²) in [4.78, 5) is 16.1. The van der Waals surface area contributed by atoms with Gasteiger partial charge in [-0.25, -0.2) is 9.50 Å². The third-order valence-corrected chi connectivity index (χ3v) is 6.76. The van der Waals surface area contributed by atoms with Gasteiger partial charge in [0.05, 0.1) is 31.4 Å². The average Bonchev–Trinajstić information content (AvgIpc) is 3.55. The van der Waals surface area contributed by atoms with E-state index in [1.807, 2.05) is 24.7 Å². The van der Waals surface area contributed by atoms with Crippen molar-refractivity contribution in [2.45, 2.75) is 44.9 Å². The number of fused-ring (bicyclic) bond motifs is 1. The summed E-state index contributed by atoms with van der Waals surface area (Å²) < 4.78 is 19.7. The molecular formula is C25H31FN8O. The Bertz CT molecular complexity index is 1270. The number of nitrogens with one attached hydrogen (secondary N) is 1. The van der Waals surface area contributed by atoms with Crippen LogP contribution in [0.2, 0.25) is 0 Å². The van der Waals surface area contributed by atoms with Crippen LogP contribution >= 0.6 is 0 Å². The van der Waals surface area contributed by atoms with Gasteiger partial charge in [-0.3, -0.25) is 19.5 Å². The first-order valence-electron chi connectivity index (χ1n) is 12.2. The lowest BCUT2D eigenvalue weighted by atomic mass is 9.93. The Morgan fingerprint density at radius 1 is 1.17 bits per heavy atom. The number of rotatable bonds is 8. The molecule has 0 amide bonds. The lowest BCUT2D eigenvalue weighted by molar-refractivity contribution is 0.202. The van der Waals surface area contributed by atoms with Gasteiger partial charge in [0, 0.05) is 36.0 Å². The van der Waals surface area contributed by atoms with Crippen LogP contribution in [0.1, 0.15) is 56.2 Å². The Balaban J connectivity index is 1.40. The molecule has 5 rings (SSSR count). The molecule has 0 saturated carbocycles. The molecule has 0 unspecified atom stereocenters. The van der Waals surface area contributed by atoms with Gasteiger partial charge >= 0.3 is 0 Å². The van der Waals surface area contributed by atoms with Gasteiger partial charge in [0.15, 0.2) is 11.4 Å². The Morgan fingerprint density at radius 2 is 2.00 bits per heavy atom. The number of nitrogens with zero attached hydrogens (tertiary/aromatic N) is 7. The smallest absolute Gasteiger partial charge is 0.197 e. The minimum Gasteiger partial charge on any atom is -0.493 e. The van der Waals surface area contributed by atoms with Crippen molar-refractivity contribution in [2.75, 3.05) is 33.4 Å². The quantitative estimate of drug-likeness (QED) is 0.404. The fourth-order valence-electron chi connectivity index (χ4n) is 4.92. The summed E-state index contributed by atoms with van der Waals surface area (Å²) in [6, 6.07) is 1.95. The number of aromatic amines is 1. The molecule has 4 aromatic rings. The van der Waals surface area contributed by atoms with Crippen molar-refractivity contribution >= 4 is 5.65 Å². The van der Waals surface area contributed by atoms with Crippen LogP contribution in [0.15, 0.2) is 31.0 Å². The number of methoxy groups -OCH3 is 1. The van der Waals surface area contributed by atoms with Crippen LogP contribution in [0.5, 0.6) is 5.75 Å². The molecule has 9 nitrogen and oxygen atoms in total. The topological polar surface area (TPSA) is 97.1 Å². The number of aromatic nitrogens is 7. The highest BCUT2D eigenvalue weighted by Gasteiger charge is 2.24. The summed E-state index contributed by atoms with van der Waals surface area (Å²) in [7, 11) is 1.63. The summed E-state index contributed by atoms with van der Waals surface area (Å²) in [5.41, 5.74) is 6.10. The molecule has 5 heterocycles. The van der Waals surface area contributed by atoms with Crippen molar-refractivity contribution in [1.82, 2.24) is 39.7 Å². The van der Waals surface area contributed by atoms with Crippen LogP contribution < -0.4 is 4.74 Å². The van der Waals surface area contributed by atoms with Crippen molar-refractivity contribution in [2.24, 2.45) is 0 Å². The summed E-state index contributed by atoms with van der Waals surface area (Å²) in [5.74, 6) is 1.23. The highest BCUT2D eigenvalue weighted by molar-refractivity contribution is 5.75. The zero-order valence-electron chi connectivity index (χ0n) is 20.4. The minimum absolute atomic E-state index is 0.200. The van der Waals surface area contributed by atoms with Crippen molar-refractivity contribution in [1.29, 1.82) is 0 Å². The third kappa shape index (κ3) is 4.62. The molecule has 1 fully saturated rings. The lowest BCUT2D eigenvalue weighted by Crippen LogP contribution is -2.34. The first kappa shape index (κ1) is 23.3. The maximum absolute atomic E-state index is 12.5. The van der Waals surface area contributed by atoms with Gasteiger partial charge in [0.1, 0.15) is 17.7 Å². The van der Waals surface area contributed by atoms with E-state index < -0.39 is 0 Å². The predicted octanol–water partition coefficient (Wildman–Crippen LogP) is 4.25. The predicted molar refractivity (Wildman–Crippen MR) is 131 cm³/mol. The molecule has 1 aliphatic heterocycles. The van der Waals surface area contributed by atoms with E-state index in [-0.39, 0.29) is 12.6 Å². The van der Waals surface area contributed by atoms with Gasteiger partial charge < -0.3 is 9.64 Å². The Morgan fingerprint density at radius 3 is 2.69 bits per heavy atom. The number of halogens is 1. The molecule has 0 bridgehead atoms. The second-order valence-corrected chi connectivity index (χ2v) is 9.33. The Kier molecular flexibility index (Phi) is 6.72. The van der Waals surface area contributed by atoms with Gasteiger partial charge in [0.25, 0.3) is 0 Å². The molecule has 1 aliphatic rings. The van der Waals surface area contributed by atoms with Crippen LogP contribution in [-0.4, -0.2) is 73.1 Å². The number of hydrogen-bond donors (Lipinski definition) is 1. The second kappa shape index (κ2) is 10.1. The van der Waals surface area contributed by atoms with Gasteiger partial charge in [-0.1, -0.05) is 13.8 Å². The first-order valence-corrected chi connectivity index (χ1v) is 12.2. The molecule has 1 N–H and O–H groups in total.